The fourth-order valence-electron chi connectivity index (χ4n) is 2.02. The Balaban J connectivity index is 1.77. The summed E-state index contributed by atoms with van der Waals surface area (Å²) in [6.07, 6.45) is 3.90. The highest BCUT2D eigenvalue weighted by molar-refractivity contribution is 4.82. The van der Waals surface area contributed by atoms with E-state index in [2.05, 4.69) is 27.7 Å². The van der Waals surface area contributed by atoms with E-state index in [-0.39, 0.29) is 0 Å². The molecule has 2 unspecified atom stereocenters. The lowest BCUT2D eigenvalue weighted by atomic mass is 10.1. The van der Waals surface area contributed by atoms with Gasteiger partial charge in [0.1, 0.15) is 0 Å². The SMILES string of the molecule is CC1CCC(NCc2nnn(C)n2)C1. The minimum absolute atomic E-state index is 0.647. The highest BCUT2D eigenvalue weighted by Crippen LogP contribution is 2.24. The third kappa shape index (κ3) is 2.29. The summed E-state index contributed by atoms with van der Waals surface area (Å²) >= 11 is 0. The molecule has 1 saturated carbocycles. The molecular weight excluding hydrogens is 178 g/mol. The monoisotopic (exact) mass is 195 g/mol. The van der Waals surface area contributed by atoms with Gasteiger partial charge in [-0.3, -0.25) is 0 Å². The molecule has 5 heteroatoms. The molecule has 2 rings (SSSR count). The molecule has 2 atom stereocenters. The second kappa shape index (κ2) is 4.04. The predicted octanol–water partition coefficient (Wildman–Crippen LogP) is 0.488. The standard InChI is InChI=1S/C9H17N5/c1-7-3-4-8(5-7)10-6-9-11-13-14(2)12-9/h7-8,10H,3-6H2,1-2H3. The smallest absolute Gasteiger partial charge is 0.188 e. The van der Waals surface area contributed by atoms with Gasteiger partial charge >= 0.3 is 0 Å². The third-order valence-corrected chi connectivity index (χ3v) is 2.79. The Labute approximate surface area is 83.9 Å². The molecule has 0 aliphatic heterocycles. The minimum Gasteiger partial charge on any atom is -0.307 e. The number of aryl methyl sites for hydroxylation is 1. The van der Waals surface area contributed by atoms with Crippen LogP contribution in [0.5, 0.6) is 0 Å². The summed E-state index contributed by atoms with van der Waals surface area (Å²) in [4.78, 5) is 1.49. The zero-order chi connectivity index (χ0) is 9.97. The largest absolute Gasteiger partial charge is 0.307 e. The molecule has 1 fully saturated rings. The van der Waals surface area contributed by atoms with Crippen LogP contribution in [0.4, 0.5) is 0 Å². The van der Waals surface area contributed by atoms with Crippen LogP contribution in [0.1, 0.15) is 32.0 Å². The van der Waals surface area contributed by atoms with Crippen LogP contribution in [-0.2, 0) is 13.6 Å². The minimum atomic E-state index is 0.647. The normalized spacial score (nSPS) is 27.0. The van der Waals surface area contributed by atoms with Crippen molar-refractivity contribution in [2.75, 3.05) is 0 Å². The van der Waals surface area contributed by atoms with Crippen molar-refractivity contribution in [3.05, 3.63) is 5.82 Å². The molecule has 1 N–H and O–H groups in total. The number of nitrogens with one attached hydrogen (secondary N) is 1. The van der Waals surface area contributed by atoms with Gasteiger partial charge in [0, 0.05) is 6.04 Å². The van der Waals surface area contributed by atoms with Gasteiger partial charge in [-0.05, 0) is 30.4 Å². The molecule has 0 bridgehead atoms. The Bertz CT molecular complexity index is 295. The Kier molecular flexibility index (Phi) is 2.77. The van der Waals surface area contributed by atoms with E-state index in [0.717, 1.165) is 18.3 Å². The van der Waals surface area contributed by atoms with Crippen molar-refractivity contribution in [2.24, 2.45) is 13.0 Å². The van der Waals surface area contributed by atoms with Gasteiger partial charge in [-0.1, -0.05) is 6.92 Å². The maximum atomic E-state index is 4.12. The molecule has 1 aliphatic carbocycles. The zero-order valence-corrected chi connectivity index (χ0v) is 8.77. The first kappa shape index (κ1) is 9.58. The van der Waals surface area contributed by atoms with E-state index < -0.39 is 0 Å². The molecule has 1 aromatic rings. The fourth-order valence-corrected chi connectivity index (χ4v) is 2.02. The molecular formula is C9H17N5. The molecule has 0 amide bonds. The van der Waals surface area contributed by atoms with Crippen molar-refractivity contribution in [1.29, 1.82) is 0 Å². The van der Waals surface area contributed by atoms with E-state index in [1.807, 2.05) is 0 Å². The molecule has 1 aliphatic rings. The lowest BCUT2D eigenvalue weighted by molar-refractivity contribution is 0.493. The van der Waals surface area contributed by atoms with Gasteiger partial charge in [-0.25, -0.2) is 0 Å². The lowest BCUT2D eigenvalue weighted by Crippen LogP contribution is -2.26. The van der Waals surface area contributed by atoms with Crippen LogP contribution in [0.2, 0.25) is 0 Å². The highest BCUT2D eigenvalue weighted by atomic mass is 15.6. The van der Waals surface area contributed by atoms with Gasteiger partial charge in [0.05, 0.1) is 13.6 Å². The third-order valence-electron chi connectivity index (χ3n) is 2.79. The van der Waals surface area contributed by atoms with Gasteiger partial charge < -0.3 is 5.32 Å². The van der Waals surface area contributed by atoms with E-state index in [0.29, 0.717) is 6.04 Å². The van der Waals surface area contributed by atoms with Crippen molar-refractivity contribution in [3.8, 4) is 0 Å². The summed E-state index contributed by atoms with van der Waals surface area (Å²) in [5, 5.41) is 15.3. The van der Waals surface area contributed by atoms with Crippen LogP contribution in [0.15, 0.2) is 0 Å². The molecule has 78 valence electrons. The number of hydrogen-bond acceptors (Lipinski definition) is 4. The maximum Gasteiger partial charge on any atom is 0.188 e. The van der Waals surface area contributed by atoms with Crippen molar-refractivity contribution in [2.45, 2.75) is 38.8 Å². The van der Waals surface area contributed by atoms with Crippen LogP contribution in [-0.4, -0.2) is 26.2 Å². The summed E-state index contributed by atoms with van der Waals surface area (Å²) in [6.45, 7) is 3.05. The molecule has 14 heavy (non-hydrogen) atoms. The number of nitrogens with zero attached hydrogens (tertiary/aromatic N) is 4. The second-order valence-corrected chi connectivity index (χ2v) is 4.19. The van der Waals surface area contributed by atoms with E-state index in [9.17, 15) is 0 Å². The zero-order valence-electron chi connectivity index (χ0n) is 8.77. The van der Waals surface area contributed by atoms with E-state index in [1.54, 1.807) is 7.05 Å². The van der Waals surface area contributed by atoms with Crippen LogP contribution in [0, 0.1) is 5.92 Å². The van der Waals surface area contributed by atoms with Crippen molar-refractivity contribution < 1.29 is 0 Å². The van der Waals surface area contributed by atoms with Crippen molar-refractivity contribution in [1.82, 2.24) is 25.5 Å². The second-order valence-electron chi connectivity index (χ2n) is 4.19. The molecule has 0 aromatic carbocycles. The number of rotatable bonds is 3. The van der Waals surface area contributed by atoms with E-state index >= 15 is 0 Å². The highest BCUT2D eigenvalue weighted by Gasteiger charge is 2.20. The fraction of sp³-hybridized carbons (Fsp3) is 0.889. The van der Waals surface area contributed by atoms with Crippen molar-refractivity contribution in [3.63, 3.8) is 0 Å². The van der Waals surface area contributed by atoms with Crippen LogP contribution >= 0.6 is 0 Å². The average molecular weight is 195 g/mol. The molecule has 1 heterocycles. The van der Waals surface area contributed by atoms with E-state index in [1.165, 1.54) is 24.1 Å². The van der Waals surface area contributed by atoms with Gasteiger partial charge in [-0.15, -0.1) is 10.2 Å². The predicted molar refractivity (Wildman–Crippen MR) is 52.4 cm³/mol. The topological polar surface area (TPSA) is 55.6 Å². The molecule has 5 nitrogen and oxygen atoms in total. The Morgan fingerprint density at radius 1 is 1.50 bits per heavy atom. The molecule has 0 spiro atoms. The first-order chi connectivity index (χ1) is 6.74. The lowest BCUT2D eigenvalue weighted by Gasteiger charge is -2.09. The average Bonchev–Trinajstić information content (AvgIpc) is 2.72. The first-order valence-electron chi connectivity index (χ1n) is 5.20. The van der Waals surface area contributed by atoms with Crippen LogP contribution in [0.25, 0.3) is 0 Å². The molecule has 0 radical (unpaired) electrons. The quantitative estimate of drug-likeness (QED) is 0.762. The molecule has 0 saturated heterocycles. The Morgan fingerprint density at radius 2 is 2.36 bits per heavy atom. The summed E-state index contributed by atoms with van der Waals surface area (Å²) in [5.41, 5.74) is 0. The van der Waals surface area contributed by atoms with Crippen LogP contribution in [0.3, 0.4) is 0 Å². The summed E-state index contributed by atoms with van der Waals surface area (Å²) in [6, 6.07) is 0.647. The number of hydrogen-bond donors (Lipinski definition) is 1. The summed E-state index contributed by atoms with van der Waals surface area (Å²) < 4.78 is 0. The van der Waals surface area contributed by atoms with E-state index in [4.69, 9.17) is 0 Å². The van der Waals surface area contributed by atoms with Gasteiger partial charge in [0.2, 0.25) is 0 Å². The summed E-state index contributed by atoms with van der Waals surface area (Å²) in [7, 11) is 1.79. The molecule has 1 aromatic heterocycles. The number of aromatic nitrogens is 4. The van der Waals surface area contributed by atoms with Gasteiger partial charge in [-0.2, -0.15) is 4.80 Å². The summed E-state index contributed by atoms with van der Waals surface area (Å²) in [5.74, 6) is 1.65. The van der Waals surface area contributed by atoms with Gasteiger partial charge in [0.15, 0.2) is 5.82 Å². The maximum absolute atomic E-state index is 4.12. The Morgan fingerprint density at radius 3 is 2.93 bits per heavy atom. The van der Waals surface area contributed by atoms with Gasteiger partial charge in [0.25, 0.3) is 0 Å². The Hall–Kier alpha value is -0.970. The van der Waals surface area contributed by atoms with Crippen molar-refractivity contribution >= 4 is 0 Å². The van der Waals surface area contributed by atoms with Crippen LogP contribution < -0.4 is 5.32 Å². The number of tetrazole rings is 1. The first-order valence-corrected chi connectivity index (χ1v) is 5.20.